The number of aliphatic carboxylic acids is 1. The molecule has 0 aromatic rings. The molecule has 4 N–H and O–H groups in total. The normalized spacial score (nSPS) is 12.6. The molecule has 0 saturated carbocycles. The maximum atomic E-state index is 10.4. The van der Waals surface area contributed by atoms with Gasteiger partial charge in [0.2, 0.25) is 0 Å². The van der Waals surface area contributed by atoms with Gasteiger partial charge in [0.25, 0.3) is 0 Å². The minimum absolute atomic E-state index is 0.367. The average molecular weight is 244 g/mol. The Morgan fingerprint density at radius 1 is 1.12 bits per heavy atom. The molecular weight excluding hydrogens is 216 g/mol. The molecule has 17 heavy (non-hydrogen) atoms. The maximum absolute atomic E-state index is 10.4. The summed E-state index contributed by atoms with van der Waals surface area (Å²) in [5, 5.41) is 11.6. The van der Waals surface area contributed by atoms with Gasteiger partial charge in [-0.3, -0.25) is 4.79 Å². The SMILES string of the molecule is CCCCCCCCCCNCC(N)C(=O)O. The van der Waals surface area contributed by atoms with Crippen LogP contribution in [0.15, 0.2) is 0 Å². The zero-order chi connectivity index (χ0) is 12.9. The third kappa shape index (κ3) is 11.6. The summed E-state index contributed by atoms with van der Waals surface area (Å²) >= 11 is 0. The summed E-state index contributed by atoms with van der Waals surface area (Å²) in [6, 6.07) is -0.774. The van der Waals surface area contributed by atoms with Gasteiger partial charge in [-0.25, -0.2) is 0 Å². The van der Waals surface area contributed by atoms with E-state index >= 15 is 0 Å². The Bertz CT molecular complexity index is 186. The summed E-state index contributed by atoms with van der Waals surface area (Å²) in [6.45, 7) is 3.47. The Hall–Kier alpha value is -0.610. The van der Waals surface area contributed by atoms with Crippen molar-refractivity contribution >= 4 is 5.97 Å². The van der Waals surface area contributed by atoms with Gasteiger partial charge in [0.15, 0.2) is 0 Å². The largest absolute Gasteiger partial charge is 0.480 e. The van der Waals surface area contributed by atoms with E-state index in [2.05, 4.69) is 12.2 Å². The molecule has 0 radical (unpaired) electrons. The molecule has 0 bridgehead atoms. The van der Waals surface area contributed by atoms with Crippen LogP contribution in [0.25, 0.3) is 0 Å². The predicted molar refractivity (Wildman–Crippen MR) is 71.1 cm³/mol. The highest BCUT2D eigenvalue weighted by atomic mass is 16.4. The second-order valence-corrected chi connectivity index (χ2v) is 4.62. The minimum Gasteiger partial charge on any atom is -0.480 e. The zero-order valence-electron chi connectivity index (χ0n) is 11.1. The van der Waals surface area contributed by atoms with Crippen LogP contribution in [0.2, 0.25) is 0 Å². The van der Waals surface area contributed by atoms with Crippen molar-refractivity contribution in [1.82, 2.24) is 5.32 Å². The van der Waals surface area contributed by atoms with E-state index in [0.29, 0.717) is 6.54 Å². The Kier molecular flexibility index (Phi) is 11.4. The molecule has 1 unspecified atom stereocenters. The van der Waals surface area contributed by atoms with Gasteiger partial charge in [-0.05, 0) is 13.0 Å². The standard InChI is InChI=1S/C13H28N2O2/c1-2-3-4-5-6-7-8-9-10-15-11-12(14)13(16)17/h12,15H,2-11,14H2,1H3,(H,16,17). The Morgan fingerprint density at radius 3 is 2.18 bits per heavy atom. The van der Waals surface area contributed by atoms with E-state index in [1.165, 1.54) is 44.9 Å². The Morgan fingerprint density at radius 2 is 1.65 bits per heavy atom. The van der Waals surface area contributed by atoms with E-state index in [4.69, 9.17) is 10.8 Å². The number of carbonyl (C=O) groups is 1. The smallest absolute Gasteiger partial charge is 0.321 e. The first-order valence-corrected chi connectivity index (χ1v) is 6.87. The van der Waals surface area contributed by atoms with Crippen molar-refractivity contribution in [2.75, 3.05) is 13.1 Å². The van der Waals surface area contributed by atoms with Crippen molar-refractivity contribution in [2.45, 2.75) is 64.3 Å². The zero-order valence-corrected chi connectivity index (χ0v) is 11.1. The number of carboxylic acids is 1. The second kappa shape index (κ2) is 11.9. The van der Waals surface area contributed by atoms with Gasteiger partial charge >= 0.3 is 5.97 Å². The van der Waals surface area contributed by atoms with E-state index in [9.17, 15) is 4.79 Å². The number of unbranched alkanes of at least 4 members (excludes halogenated alkanes) is 7. The van der Waals surface area contributed by atoms with Crippen LogP contribution in [0, 0.1) is 0 Å². The average Bonchev–Trinajstić information content (AvgIpc) is 2.31. The lowest BCUT2D eigenvalue weighted by molar-refractivity contribution is -0.138. The van der Waals surface area contributed by atoms with Gasteiger partial charge < -0.3 is 16.2 Å². The van der Waals surface area contributed by atoms with E-state index in [1.54, 1.807) is 0 Å². The summed E-state index contributed by atoms with van der Waals surface area (Å²) < 4.78 is 0. The predicted octanol–water partition coefficient (Wildman–Crippen LogP) is 2.13. The number of hydrogen-bond acceptors (Lipinski definition) is 3. The van der Waals surface area contributed by atoms with Crippen LogP contribution in [0.1, 0.15) is 58.3 Å². The van der Waals surface area contributed by atoms with Crippen molar-refractivity contribution in [2.24, 2.45) is 5.73 Å². The molecular formula is C13H28N2O2. The quantitative estimate of drug-likeness (QED) is 0.460. The highest BCUT2D eigenvalue weighted by molar-refractivity contribution is 5.73. The fourth-order valence-corrected chi connectivity index (χ4v) is 1.73. The van der Waals surface area contributed by atoms with Crippen LogP contribution in [0.5, 0.6) is 0 Å². The molecule has 0 rings (SSSR count). The van der Waals surface area contributed by atoms with Crippen LogP contribution in [0.3, 0.4) is 0 Å². The molecule has 0 aromatic heterocycles. The van der Waals surface area contributed by atoms with Crippen LogP contribution in [-0.4, -0.2) is 30.2 Å². The topological polar surface area (TPSA) is 75.3 Å². The second-order valence-electron chi connectivity index (χ2n) is 4.62. The Labute approximate surface area is 105 Å². The van der Waals surface area contributed by atoms with Crippen LogP contribution >= 0.6 is 0 Å². The first-order valence-electron chi connectivity index (χ1n) is 6.87. The van der Waals surface area contributed by atoms with Gasteiger partial charge in [0.05, 0.1) is 0 Å². The van der Waals surface area contributed by atoms with Gasteiger partial charge in [-0.15, -0.1) is 0 Å². The van der Waals surface area contributed by atoms with Crippen molar-refractivity contribution in [3.05, 3.63) is 0 Å². The molecule has 0 aliphatic heterocycles. The summed E-state index contributed by atoms with van der Waals surface area (Å²) in [5.74, 6) is -0.937. The molecule has 0 aromatic carbocycles. The van der Waals surface area contributed by atoms with Crippen LogP contribution < -0.4 is 11.1 Å². The summed E-state index contributed by atoms with van der Waals surface area (Å²) in [5.41, 5.74) is 5.36. The fourth-order valence-electron chi connectivity index (χ4n) is 1.73. The number of nitrogens with two attached hydrogens (primary N) is 1. The number of nitrogens with one attached hydrogen (secondary N) is 1. The summed E-state index contributed by atoms with van der Waals surface area (Å²) in [4.78, 5) is 10.4. The van der Waals surface area contributed by atoms with E-state index in [-0.39, 0.29) is 0 Å². The molecule has 4 heteroatoms. The summed E-state index contributed by atoms with van der Waals surface area (Å²) in [6.07, 6.45) is 10.3. The molecule has 0 spiro atoms. The van der Waals surface area contributed by atoms with Gasteiger partial charge in [-0.2, -0.15) is 0 Å². The molecule has 0 aliphatic rings. The van der Waals surface area contributed by atoms with Crippen molar-refractivity contribution < 1.29 is 9.90 Å². The van der Waals surface area contributed by atoms with Crippen molar-refractivity contribution in [3.8, 4) is 0 Å². The molecule has 4 nitrogen and oxygen atoms in total. The fraction of sp³-hybridized carbons (Fsp3) is 0.923. The first kappa shape index (κ1) is 16.4. The molecule has 102 valence electrons. The van der Waals surface area contributed by atoms with E-state index < -0.39 is 12.0 Å². The molecule has 0 fully saturated rings. The minimum atomic E-state index is -0.937. The molecule has 0 aliphatic carbocycles. The highest BCUT2D eigenvalue weighted by Gasteiger charge is 2.09. The Balaban J connectivity index is 3.06. The van der Waals surface area contributed by atoms with Crippen molar-refractivity contribution in [3.63, 3.8) is 0 Å². The lowest BCUT2D eigenvalue weighted by Gasteiger charge is -2.07. The van der Waals surface area contributed by atoms with Crippen LogP contribution in [-0.2, 0) is 4.79 Å². The monoisotopic (exact) mass is 244 g/mol. The lowest BCUT2D eigenvalue weighted by Crippen LogP contribution is -2.40. The third-order valence-corrected chi connectivity index (χ3v) is 2.89. The number of hydrogen-bond donors (Lipinski definition) is 3. The van der Waals surface area contributed by atoms with Gasteiger partial charge in [0, 0.05) is 6.54 Å². The lowest BCUT2D eigenvalue weighted by atomic mass is 10.1. The van der Waals surface area contributed by atoms with Crippen LogP contribution in [0.4, 0.5) is 0 Å². The van der Waals surface area contributed by atoms with Crippen molar-refractivity contribution in [1.29, 1.82) is 0 Å². The van der Waals surface area contributed by atoms with Gasteiger partial charge in [0.1, 0.15) is 6.04 Å². The first-order chi connectivity index (χ1) is 8.18. The summed E-state index contributed by atoms with van der Waals surface area (Å²) in [7, 11) is 0. The molecule has 0 amide bonds. The van der Waals surface area contributed by atoms with Gasteiger partial charge in [-0.1, -0.05) is 51.9 Å². The highest BCUT2D eigenvalue weighted by Crippen LogP contribution is 2.07. The molecule has 1 atom stereocenters. The van der Waals surface area contributed by atoms with E-state index in [0.717, 1.165) is 13.0 Å². The maximum Gasteiger partial charge on any atom is 0.321 e. The number of rotatable bonds is 12. The van der Waals surface area contributed by atoms with E-state index in [1.807, 2.05) is 0 Å². The molecule has 0 heterocycles. The third-order valence-electron chi connectivity index (χ3n) is 2.89. The number of carboxylic acid groups (broad SMARTS) is 1. The molecule has 0 saturated heterocycles.